The lowest BCUT2D eigenvalue weighted by molar-refractivity contribution is 1.01. The van der Waals surface area contributed by atoms with Crippen molar-refractivity contribution in [3.63, 3.8) is 0 Å². The second-order valence-corrected chi connectivity index (χ2v) is 6.78. The third-order valence-corrected chi connectivity index (χ3v) is 5.00. The average Bonchev–Trinajstić information content (AvgIpc) is 3.07. The Labute approximate surface area is 158 Å². The molecule has 2 heterocycles. The van der Waals surface area contributed by atoms with Crippen LogP contribution in [0.3, 0.4) is 0 Å². The van der Waals surface area contributed by atoms with Crippen molar-refractivity contribution in [3.8, 4) is 11.3 Å². The zero-order valence-corrected chi connectivity index (χ0v) is 15.6. The van der Waals surface area contributed by atoms with Crippen molar-refractivity contribution in [1.82, 2.24) is 15.0 Å². The van der Waals surface area contributed by atoms with Gasteiger partial charge < -0.3 is 16.0 Å². The van der Waals surface area contributed by atoms with Gasteiger partial charge in [-0.2, -0.15) is 4.98 Å². The fraction of sp³-hybridized carbons (Fsp3) is 0.182. The second kappa shape index (κ2) is 7.11. The van der Waals surface area contributed by atoms with Gasteiger partial charge >= 0.3 is 0 Å². The minimum Gasteiger partial charge on any atom is -0.370 e. The zero-order chi connectivity index (χ0) is 18.8. The number of benzene rings is 2. The maximum Gasteiger partial charge on any atom is 0.222 e. The number of aromatic nitrogens is 3. The summed E-state index contributed by atoms with van der Waals surface area (Å²) in [6, 6.07) is 16.5. The molecule has 0 bridgehead atoms. The predicted molar refractivity (Wildman–Crippen MR) is 112 cm³/mol. The lowest BCUT2D eigenvalue weighted by Gasteiger charge is -2.11. The summed E-state index contributed by atoms with van der Waals surface area (Å²) in [6.07, 6.45) is 2.97. The highest BCUT2D eigenvalue weighted by atomic mass is 15.1. The molecule has 0 fully saturated rings. The molecular weight excluding hydrogens is 334 g/mol. The van der Waals surface area contributed by atoms with Crippen LogP contribution < -0.4 is 11.1 Å². The number of anilines is 2. The van der Waals surface area contributed by atoms with E-state index in [0.717, 1.165) is 35.6 Å². The molecule has 4 aromatic rings. The van der Waals surface area contributed by atoms with Gasteiger partial charge in [0.2, 0.25) is 5.95 Å². The average molecular weight is 357 g/mol. The Hall–Kier alpha value is -3.34. The highest BCUT2D eigenvalue weighted by molar-refractivity contribution is 5.83. The summed E-state index contributed by atoms with van der Waals surface area (Å²) in [5, 5.41) is 4.65. The smallest absolute Gasteiger partial charge is 0.222 e. The predicted octanol–water partition coefficient (Wildman–Crippen LogP) is 4.48. The first-order valence-electron chi connectivity index (χ1n) is 9.12. The molecule has 0 spiro atoms. The van der Waals surface area contributed by atoms with E-state index in [1.807, 2.05) is 18.2 Å². The molecule has 4 N–H and O–H groups in total. The Morgan fingerprint density at radius 2 is 1.89 bits per heavy atom. The molecule has 27 heavy (non-hydrogen) atoms. The second-order valence-electron chi connectivity index (χ2n) is 6.78. The van der Waals surface area contributed by atoms with Crippen LogP contribution in [0, 0.1) is 13.8 Å². The topological polar surface area (TPSA) is 79.6 Å². The normalized spacial score (nSPS) is 11.0. The van der Waals surface area contributed by atoms with E-state index in [1.165, 1.54) is 22.1 Å². The Kier molecular flexibility index (Phi) is 4.50. The van der Waals surface area contributed by atoms with Gasteiger partial charge in [0.15, 0.2) is 0 Å². The Balaban J connectivity index is 1.53. The first-order valence-corrected chi connectivity index (χ1v) is 9.12. The Morgan fingerprint density at radius 3 is 2.78 bits per heavy atom. The van der Waals surface area contributed by atoms with E-state index in [1.54, 1.807) is 0 Å². The minimum atomic E-state index is 0.281. The molecule has 0 amide bonds. The lowest BCUT2D eigenvalue weighted by atomic mass is 10.0. The fourth-order valence-corrected chi connectivity index (χ4v) is 3.39. The molecule has 0 atom stereocenters. The van der Waals surface area contributed by atoms with E-state index >= 15 is 0 Å². The van der Waals surface area contributed by atoms with E-state index in [-0.39, 0.29) is 5.95 Å². The van der Waals surface area contributed by atoms with Gasteiger partial charge in [-0.05, 0) is 43.0 Å². The van der Waals surface area contributed by atoms with Crippen LogP contribution in [-0.4, -0.2) is 21.5 Å². The summed E-state index contributed by atoms with van der Waals surface area (Å²) in [5.41, 5.74) is 12.8. The largest absolute Gasteiger partial charge is 0.370 e. The minimum absolute atomic E-state index is 0.281. The molecule has 136 valence electrons. The number of hydrogen-bond acceptors (Lipinski definition) is 4. The number of rotatable bonds is 5. The van der Waals surface area contributed by atoms with Crippen LogP contribution in [0.4, 0.5) is 11.8 Å². The quantitative estimate of drug-likeness (QED) is 0.492. The van der Waals surface area contributed by atoms with Crippen molar-refractivity contribution in [3.05, 3.63) is 71.4 Å². The van der Waals surface area contributed by atoms with Crippen LogP contribution in [0.15, 0.2) is 54.7 Å². The molecule has 4 rings (SSSR count). The highest BCUT2D eigenvalue weighted by Gasteiger charge is 2.09. The molecule has 5 heteroatoms. The molecule has 5 nitrogen and oxygen atoms in total. The van der Waals surface area contributed by atoms with Gasteiger partial charge in [-0.15, -0.1) is 0 Å². The van der Waals surface area contributed by atoms with Crippen molar-refractivity contribution in [1.29, 1.82) is 0 Å². The number of nitrogens with zero attached hydrogens (tertiary/aromatic N) is 2. The van der Waals surface area contributed by atoms with Crippen molar-refractivity contribution >= 4 is 22.7 Å². The highest BCUT2D eigenvalue weighted by Crippen LogP contribution is 2.26. The summed E-state index contributed by atoms with van der Waals surface area (Å²) in [6.45, 7) is 4.97. The number of para-hydroxylation sites is 1. The molecular formula is C22H23N5. The van der Waals surface area contributed by atoms with Crippen molar-refractivity contribution in [2.45, 2.75) is 20.3 Å². The zero-order valence-electron chi connectivity index (χ0n) is 15.6. The molecule has 0 aliphatic rings. The summed E-state index contributed by atoms with van der Waals surface area (Å²) in [7, 11) is 0. The number of nitrogens with one attached hydrogen (secondary N) is 2. The van der Waals surface area contributed by atoms with Crippen molar-refractivity contribution in [2.24, 2.45) is 0 Å². The standard InChI is InChI=1S/C22H23N5/c1-14-6-5-8-17(15(14)2)20-12-21(27-22(23)26-20)24-11-10-16-13-25-19-9-4-3-7-18(16)19/h3-9,12-13,25H,10-11H2,1-2H3,(H3,23,24,26,27). The van der Waals surface area contributed by atoms with E-state index in [4.69, 9.17) is 5.73 Å². The molecule has 0 saturated carbocycles. The Bertz CT molecular complexity index is 1100. The number of aryl methyl sites for hydroxylation is 1. The first-order chi connectivity index (χ1) is 13.1. The summed E-state index contributed by atoms with van der Waals surface area (Å²) in [5.74, 6) is 1.03. The van der Waals surface area contributed by atoms with Crippen LogP contribution in [0.1, 0.15) is 16.7 Å². The van der Waals surface area contributed by atoms with Crippen LogP contribution >= 0.6 is 0 Å². The number of hydrogen-bond donors (Lipinski definition) is 3. The molecule has 0 unspecified atom stereocenters. The lowest BCUT2D eigenvalue weighted by Crippen LogP contribution is -2.08. The van der Waals surface area contributed by atoms with Gasteiger partial charge in [-0.3, -0.25) is 0 Å². The van der Waals surface area contributed by atoms with Gasteiger partial charge in [-0.1, -0.05) is 36.4 Å². The molecule has 2 aromatic carbocycles. The SMILES string of the molecule is Cc1cccc(-c2cc(NCCc3c[nH]c4ccccc34)nc(N)n2)c1C. The van der Waals surface area contributed by atoms with Crippen LogP contribution in [0.5, 0.6) is 0 Å². The third-order valence-electron chi connectivity index (χ3n) is 5.00. The third kappa shape index (κ3) is 3.49. The van der Waals surface area contributed by atoms with E-state index < -0.39 is 0 Å². The Morgan fingerprint density at radius 1 is 1.04 bits per heavy atom. The van der Waals surface area contributed by atoms with Crippen molar-refractivity contribution in [2.75, 3.05) is 17.6 Å². The summed E-state index contributed by atoms with van der Waals surface area (Å²) in [4.78, 5) is 12.1. The van der Waals surface area contributed by atoms with Crippen LogP contribution in [-0.2, 0) is 6.42 Å². The van der Waals surface area contributed by atoms with Crippen LogP contribution in [0.2, 0.25) is 0 Å². The molecule has 2 aromatic heterocycles. The molecule has 0 saturated heterocycles. The fourth-order valence-electron chi connectivity index (χ4n) is 3.39. The van der Waals surface area contributed by atoms with E-state index in [9.17, 15) is 0 Å². The van der Waals surface area contributed by atoms with Gasteiger partial charge in [0.25, 0.3) is 0 Å². The molecule has 0 aliphatic carbocycles. The van der Waals surface area contributed by atoms with Gasteiger partial charge in [0, 0.05) is 35.3 Å². The number of H-pyrrole nitrogens is 1. The molecule has 0 aliphatic heterocycles. The van der Waals surface area contributed by atoms with Gasteiger partial charge in [-0.25, -0.2) is 4.98 Å². The molecule has 0 radical (unpaired) electrons. The van der Waals surface area contributed by atoms with Crippen LogP contribution in [0.25, 0.3) is 22.2 Å². The number of aromatic amines is 1. The van der Waals surface area contributed by atoms with E-state index in [2.05, 4.69) is 70.6 Å². The van der Waals surface area contributed by atoms with E-state index in [0.29, 0.717) is 0 Å². The number of nitrogens with two attached hydrogens (primary N) is 1. The maximum atomic E-state index is 5.96. The maximum absolute atomic E-state index is 5.96. The number of nitrogen functional groups attached to an aromatic ring is 1. The van der Waals surface area contributed by atoms with Gasteiger partial charge in [0.05, 0.1) is 5.69 Å². The first kappa shape index (κ1) is 17.1. The summed E-state index contributed by atoms with van der Waals surface area (Å²) >= 11 is 0. The monoisotopic (exact) mass is 357 g/mol. The number of fused-ring (bicyclic) bond motifs is 1. The summed E-state index contributed by atoms with van der Waals surface area (Å²) < 4.78 is 0. The van der Waals surface area contributed by atoms with Crippen molar-refractivity contribution < 1.29 is 0 Å². The van der Waals surface area contributed by atoms with Gasteiger partial charge in [0.1, 0.15) is 5.82 Å².